The van der Waals surface area contributed by atoms with Gasteiger partial charge in [-0.3, -0.25) is 4.79 Å². The Morgan fingerprint density at radius 1 is 1.00 bits per heavy atom. The third-order valence-electron chi connectivity index (χ3n) is 6.44. The molecule has 0 bridgehead atoms. The van der Waals surface area contributed by atoms with E-state index in [1.165, 1.54) is 37.4 Å². The summed E-state index contributed by atoms with van der Waals surface area (Å²) in [5.41, 5.74) is 3.95. The largest absolute Gasteiger partial charge is 0.372 e. The maximum absolute atomic E-state index is 13.6. The molecule has 4 rings (SSSR count). The fourth-order valence-corrected chi connectivity index (χ4v) is 5.04. The molecule has 1 amide bonds. The van der Waals surface area contributed by atoms with Crippen molar-refractivity contribution in [2.24, 2.45) is 0 Å². The molecule has 34 heavy (non-hydrogen) atoms. The summed E-state index contributed by atoms with van der Waals surface area (Å²) in [4.78, 5) is 19.8. The summed E-state index contributed by atoms with van der Waals surface area (Å²) in [5.74, 6) is 1.04. The van der Waals surface area contributed by atoms with Gasteiger partial charge in [-0.05, 0) is 60.1 Å². The van der Waals surface area contributed by atoms with Crippen molar-refractivity contribution < 1.29 is 4.79 Å². The molecule has 1 aliphatic carbocycles. The van der Waals surface area contributed by atoms with Gasteiger partial charge in [0.05, 0.1) is 20.6 Å². The molecule has 1 N–H and O–H groups in total. The lowest BCUT2D eigenvalue weighted by Gasteiger charge is -2.24. The Labute approximate surface area is 216 Å². The van der Waals surface area contributed by atoms with E-state index in [4.69, 9.17) is 34.8 Å². The van der Waals surface area contributed by atoms with Gasteiger partial charge in [-0.1, -0.05) is 78.0 Å². The van der Waals surface area contributed by atoms with Crippen LogP contribution in [0.2, 0.25) is 15.1 Å². The maximum Gasteiger partial charge on any atom is 0.257 e. The Bertz CT molecular complexity index is 1140. The summed E-state index contributed by atoms with van der Waals surface area (Å²) in [7, 11) is 1.74. The lowest BCUT2D eigenvalue weighted by molar-refractivity contribution is 0.0745. The average molecular weight is 517 g/mol. The van der Waals surface area contributed by atoms with E-state index in [1.54, 1.807) is 19.2 Å². The lowest BCUT2D eigenvalue weighted by Crippen LogP contribution is -2.33. The smallest absolute Gasteiger partial charge is 0.257 e. The van der Waals surface area contributed by atoms with Crippen LogP contribution in [0.1, 0.15) is 58.6 Å². The maximum atomic E-state index is 13.6. The van der Waals surface area contributed by atoms with Crippen molar-refractivity contribution in [1.82, 2.24) is 9.88 Å². The first kappa shape index (κ1) is 24.8. The van der Waals surface area contributed by atoms with E-state index in [0.29, 0.717) is 51.9 Å². The summed E-state index contributed by atoms with van der Waals surface area (Å²) in [5, 5.41) is 4.45. The van der Waals surface area contributed by atoms with Crippen molar-refractivity contribution >= 4 is 46.5 Å². The number of carbonyl (C=O) groups excluding carboxylic acids is 1. The molecule has 1 aliphatic rings. The second kappa shape index (κ2) is 11.4. The first-order chi connectivity index (χ1) is 16.4. The van der Waals surface area contributed by atoms with Gasteiger partial charge in [0.1, 0.15) is 5.82 Å². The number of benzene rings is 2. The van der Waals surface area contributed by atoms with Gasteiger partial charge in [-0.15, -0.1) is 0 Å². The Morgan fingerprint density at radius 3 is 2.38 bits per heavy atom. The van der Waals surface area contributed by atoms with Crippen molar-refractivity contribution in [1.29, 1.82) is 0 Å². The molecule has 7 heteroatoms. The summed E-state index contributed by atoms with van der Waals surface area (Å²) in [6.45, 7) is 0.998. The third kappa shape index (κ3) is 6.04. The molecule has 1 saturated carbocycles. The standard InChI is InChI=1S/C27H28Cl3N3O/c1-31-26-23(15-22(28)16-32-26)27(34)33(13-12-18-8-11-24(29)25(30)14-18)17-19-6-9-21(10-7-19)20-4-2-3-5-20/h6-11,14-16,20H,2-5,12-13,17H2,1H3,(H,31,32). The van der Waals surface area contributed by atoms with Crippen LogP contribution in [0.3, 0.4) is 0 Å². The predicted octanol–water partition coefficient (Wildman–Crippen LogP) is 7.63. The molecule has 0 aliphatic heterocycles. The van der Waals surface area contributed by atoms with Gasteiger partial charge in [-0.2, -0.15) is 0 Å². The minimum absolute atomic E-state index is 0.126. The fourth-order valence-electron chi connectivity index (χ4n) is 4.56. The van der Waals surface area contributed by atoms with E-state index in [-0.39, 0.29) is 5.91 Å². The number of nitrogens with one attached hydrogen (secondary N) is 1. The van der Waals surface area contributed by atoms with E-state index in [1.807, 2.05) is 17.0 Å². The molecule has 178 valence electrons. The van der Waals surface area contributed by atoms with E-state index in [2.05, 4.69) is 34.6 Å². The molecule has 4 nitrogen and oxygen atoms in total. The highest BCUT2D eigenvalue weighted by Crippen LogP contribution is 2.34. The Balaban J connectivity index is 1.57. The Hall–Kier alpha value is -2.27. The molecule has 0 saturated heterocycles. The number of anilines is 1. The van der Waals surface area contributed by atoms with Crippen LogP contribution in [0.15, 0.2) is 54.7 Å². The van der Waals surface area contributed by atoms with Crippen LogP contribution in [0.5, 0.6) is 0 Å². The second-order valence-corrected chi connectivity index (χ2v) is 10.00. The zero-order chi connectivity index (χ0) is 24.1. The van der Waals surface area contributed by atoms with Gasteiger partial charge in [0, 0.05) is 26.3 Å². The number of aromatic nitrogens is 1. The monoisotopic (exact) mass is 515 g/mol. The summed E-state index contributed by atoms with van der Waals surface area (Å²) < 4.78 is 0. The summed E-state index contributed by atoms with van der Waals surface area (Å²) in [6, 6.07) is 16.0. The van der Waals surface area contributed by atoms with Crippen molar-refractivity contribution in [3.63, 3.8) is 0 Å². The first-order valence-electron chi connectivity index (χ1n) is 11.6. The van der Waals surface area contributed by atoms with Crippen molar-refractivity contribution in [3.05, 3.63) is 92.0 Å². The van der Waals surface area contributed by atoms with Crippen LogP contribution in [-0.4, -0.2) is 29.4 Å². The second-order valence-electron chi connectivity index (χ2n) is 8.75. The number of halogens is 3. The zero-order valence-electron chi connectivity index (χ0n) is 19.2. The lowest BCUT2D eigenvalue weighted by atomic mass is 9.96. The molecule has 0 spiro atoms. The molecule has 1 fully saturated rings. The number of carbonyl (C=O) groups is 1. The topological polar surface area (TPSA) is 45.2 Å². The van der Waals surface area contributed by atoms with E-state index in [0.717, 1.165) is 11.1 Å². The van der Waals surface area contributed by atoms with E-state index < -0.39 is 0 Å². The molecule has 1 heterocycles. The van der Waals surface area contributed by atoms with Crippen LogP contribution in [0, 0.1) is 0 Å². The molecule has 3 aromatic rings. The quantitative estimate of drug-likeness (QED) is 0.335. The van der Waals surface area contributed by atoms with E-state index >= 15 is 0 Å². The first-order valence-corrected chi connectivity index (χ1v) is 12.7. The highest BCUT2D eigenvalue weighted by atomic mass is 35.5. The van der Waals surface area contributed by atoms with Crippen LogP contribution in [0.4, 0.5) is 5.82 Å². The number of nitrogens with zero attached hydrogens (tertiary/aromatic N) is 2. The van der Waals surface area contributed by atoms with Crippen molar-refractivity contribution in [2.75, 3.05) is 18.9 Å². The average Bonchev–Trinajstić information content (AvgIpc) is 3.39. The molecule has 1 aromatic heterocycles. The van der Waals surface area contributed by atoms with Crippen molar-refractivity contribution in [3.8, 4) is 0 Å². The highest BCUT2D eigenvalue weighted by Gasteiger charge is 2.21. The summed E-state index contributed by atoms with van der Waals surface area (Å²) in [6.07, 6.45) is 7.33. The molecule has 0 radical (unpaired) electrons. The highest BCUT2D eigenvalue weighted by molar-refractivity contribution is 6.42. The number of pyridine rings is 1. The van der Waals surface area contributed by atoms with Gasteiger partial charge in [-0.25, -0.2) is 4.98 Å². The van der Waals surface area contributed by atoms with Crippen LogP contribution in [0.25, 0.3) is 0 Å². The third-order valence-corrected chi connectivity index (χ3v) is 7.39. The van der Waals surface area contributed by atoms with E-state index in [9.17, 15) is 4.79 Å². The molecular formula is C27H28Cl3N3O. The number of hydrogen-bond acceptors (Lipinski definition) is 3. The number of rotatable bonds is 8. The van der Waals surface area contributed by atoms with Gasteiger partial charge >= 0.3 is 0 Å². The molecule has 0 unspecified atom stereocenters. The minimum atomic E-state index is -0.126. The number of amides is 1. The SMILES string of the molecule is CNc1ncc(Cl)cc1C(=O)N(CCc1ccc(Cl)c(Cl)c1)Cc1ccc(C2CCCC2)cc1. The zero-order valence-corrected chi connectivity index (χ0v) is 21.4. The van der Waals surface area contributed by atoms with Gasteiger partial charge < -0.3 is 10.2 Å². The predicted molar refractivity (Wildman–Crippen MR) is 141 cm³/mol. The molecule has 0 atom stereocenters. The minimum Gasteiger partial charge on any atom is -0.372 e. The van der Waals surface area contributed by atoms with Gasteiger partial charge in [0.15, 0.2) is 0 Å². The van der Waals surface area contributed by atoms with Crippen LogP contribution in [-0.2, 0) is 13.0 Å². The normalized spacial score (nSPS) is 13.8. The fraction of sp³-hybridized carbons (Fsp3) is 0.333. The molecule has 2 aromatic carbocycles. The summed E-state index contributed by atoms with van der Waals surface area (Å²) >= 11 is 18.4. The Kier molecular flexibility index (Phi) is 8.36. The molecular weight excluding hydrogens is 489 g/mol. The Morgan fingerprint density at radius 2 is 1.71 bits per heavy atom. The van der Waals surface area contributed by atoms with Crippen LogP contribution < -0.4 is 5.32 Å². The van der Waals surface area contributed by atoms with Crippen LogP contribution >= 0.6 is 34.8 Å². The number of hydrogen-bond donors (Lipinski definition) is 1. The van der Waals surface area contributed by atoms with Crippen molar-refractivity contribution in [2.45, 2.75) is 44.6 Å². The van der Waals surface area contributed by atoms with Gasteiger partial charge in [0.2, 0.25) is 0 Å². The van der Waals surface area contributed by atoms with Gasteiger partial charge in [0.25, 0.3) is 5.91 Å².